The number of nitrogens with zero attached hydrogens (tertiary/aromatic N) is 12. The Kier molecular flexibility index (Phi) is 44.4. The van der Waals surface area contributed by atoms with Crippen LogP contribution in [0.2, 0.25) is 10.3 Å². The average molecular weight is 1960 g/mol. The Morgan fingerprint density at radius 2 is 0.947 bits per heavy atom. The van der Waals surface area contributed by atoms with E-state index in [1.807, 2.05) is 91.2 Å². The van der Waals surface area contributed by atoms with E-state index in [1.54, 1.807) is 42.8 Å². The molecule has 3 aliphatic heterocycles. The molecule has 0 saturated heterocycles. The van der Waals surface area contributed by atoms with Crippen LogP contribution in [0.25, 0.3) is 11.0 Å². The Labute approximate surface area is 812 Å². The Balaban J connectivity index is 0.000000484. The number of nitriles is 1. The molecular weight excluding hydrogens is 1800 g/mol. The van der Waals surface area contributed by atoms with Crippen molar-refractivity contribution in [3.63, 3.8) is 0 Å². The first-order valence-corrected chi connectivity index (χ1v) is 51.0. The predicted octanol–water partition coefficient (Wildman–Crippen LogP) is 28.0. The lowest BCUT2D eigenvalue weighted by Crippen LogP contribution is -2.13. The van der Waals surface area contributed by atoms with Crippen LogP contribution in [0.4, 0.5) is 0 Å². The van der Waals surface area contributed by atoms with E-state index in [4.69, 9.17) is 28.5 Å². The van der Waals surface area contributed by atoms with Gasteiger partial charge in [0.25, 0.3) is 0 Å². The zero-order valence-electron chi connectivity index (χ0n) is 87.7. The lowest BCUT2D eigenvalue weighted by Gasteiger charge is -2.16. The number of aliphatic imine (C=N–C) groups is 3. The number of Topliss-reactive ketones (excluding diaryl/α,β-unsaturated/α-hetero) is 1. The minimum absolute atomic E-state index is 0.00486. The summed E-state index contributed by atoms with van der Waals surface area (Å²) in [6, 6.07) is 12.3. The molecule has 29 heteroatoms. The molecule has 0 radical (unpaired) electrons. The number of hydrogen-bond acceptors (Lipinski definition) is 15. The number of aryl methyl sites for hydroxylation is 5. The minimum Gasteiger partial charge on any atom is -0.364 e. The van der Waals surface area contributed by atoms with Gasteiger partial charge in [0.05, 0.1) is 62.3 Å². The molecule has 9 N–H and O–H groups in total. The Morgan fingerprint density at radius 1 is 0.504 bits per heavy atom. The van der Waals surface area contributed by atoms with Gasteiger partial charge < -0.3 is 44.9 Å². The molecule has 726 valence electrons. The van der Waals surface area contributed by atoms with E-state index in [0.29, 0.717) is 28.1 Å². The van der Waals surface area contributed by atoms with Crippen molar-refractivity contribution in [1.82, 2.24) is 84.7 Å². The number of ketones is 1. The Hall–Kier alpha value is -8.52. The van der Waals surface area contributed by atoms with Crippen LogP contribution < -0.4 is 0 Å². The number of aromatic amines is 9. The van der Waals surface area contributed by atoms with Crippen molar-refractivity contribution in [2.24, 2.45) is 25.8 Å². The van der Waals surface area contributed by atoms with E-state index in [2.05, 4.69) is 386 Å². The van der Waals surface area contributed by atoms with Crippen LogP contribution in [0, 0.1) is 56.8 Å². The third-order valence-electron chi connectivity index (χ3n) is 19.1. The van der Waals surface area contributed by atoms with Gasteiger partial charge in [-0.25, -0.2) is 44.9 Å². The molecule has 3 aliphatic rings. The monoisotopic (exact) mass is 1960 g/mol. The molecule has 9 aromatic heterocycles. The van der Waals surface area contributed by atoms with Gasteiger partial charge in [0.15, 0.2) is 5.78 Å². The molecule has 0 amide bonds. The van der Waals surface area contributed by atoms with Crippen LogP contribution in [-0.2, 0) is 58.3 Å². The second kappa shape index (κ2) is 49.1. The SMILES string of the molecule is C=S(C)(=O)C1=NC(C(C)(C)C)=CC1.C=S(C)C1=NC(C)=CC1.CC(=O)c1cnc(C(C)(C)C)[nH]1.CC(C)(C)c1nc2ccccc2[nH]1.CC(C)(C)c1ncc(Br)[nH]1.CC(C)(C)c1ncc(C#N)[nH]1.CC(C)(C)c1ncc(Cl)[nH]1.CSC1=NC(C(C)(C)C)=CC1.Cc1[nH]c(C(C)(C)C)nc1Cl.Cc1c[nH]c(C(C)(C)C)c1.Cc1cnc(C(C)(C)C)[nH]1.Cc1nc(C(C)(C)C)[nH]c1C. The highest BCUT2D eigenvalue weighted by molar-refractivity contribution is 9.10. The van der Waals surface area contributed by atoms with Crippen molar-refractivity contribution in [3.05, 3.63) is 210 Å². The van der Waals surface area contributed by atoms with Crippen LogP contribution in [0.15, 0.2) is 122 Å². The zero-order valence-corrected chi connectivity index (χ0v) is 93.2. The van der Waals surface area contributed by atoms with Gasteiger partial charge in [-0.2, -0.15) is 15.7 Å². The van der Waals surface area contributed by atoms with Crippen molar-refractivity contribution in [2.45, 2.75) is 345 Å². The van der Waals surface area contributed by atoms with Crippen LogP contribution in [0.1, 0.15) is 358 Å². The highest BCUT2D eigenvalue weighted by Gasteiger charge is 2.27. The van der Waals surface area contributed by atoms with Crippen molar-refractivity contribution in [1.29, 1.82) is 5.26 Å². The molecule has 0 spiro atoms. The number of rotatable bonds is 1. The van der Waals surface area contributed by atoms with Crippen LogP contribution in [-0.4, -0.2) is 140 Å². The lowest BCUT2D eigenvalue weighted by molar-refractivity contribution is 0.101. The van der Waals surface area contributed by atoms with Gasteiger partial charge in [-0.15, -0.1) is 11.8 Å². The van der Waals surface area contributed by atoms with E-state index in [9.17, 15) is 9.00 Å². The first-order chi connectivity index (χ1) is 59.3. The summed E-state index contributed by atoms with van der Waals surface area (Å²) < 4.78 is 12.5. The fourth-order valence-electron chi connectivity index (χ4n) is 10.6. The van der Waals surface area contributed by atoms with E-state index in [1.165, 1.54) is 39.7 Å². The largest absolute Gasteiger partial charge is 0.364 e. The van der Waals surface area contributed by atoms with Crippen LogP contribution in [0.5, 0.6) is 0 Å². The number of imidazole rings is 8. The molecule has 2 atom stereocenters. The van der Waals surface area contributed by atoms with Crippen LogP contribution >= 0.6 is 61.4 Å². The summed E-state index contributed by atoms with van der Waals surface area (Å²) in [4.78, 5) is 86.2. The number of fused-ring (bicyclic) bond motifs is 1. The lowest BCUT2D eigenvalue weighted by atomic mass is 9.92. The fourth-order valence-corrected chi connectivity index (χ4v) is 13.0. The second-order valence-corrected chi connectivity index (χ2v) is 51.0. The third-order valence-corrected chi connectivity index (χ3v) is 23.1. The summed E-state index contributed by atoms with van der Waals surface area (Å²) >= 11 is 16.5. The summed E-state index contributed by atoms with van der Waals surface area (Å²) in [5, 5.41) is 12.9. The normalized spacial score (nSPS) is 14.1. The number of para-hydroxylation sites is 2. The first kappa shape index (κ1) is 119. The molecule has 12 heterocycles. The van der Waals surface area contributed by atoms with Gasteiger partial charge >= 0.3 is 0 Å². The maximum Gasteiger partial charge on any atom is 0.177 e. The molecule has 1 aromatic carbocycles. The Morgan fingerprint density at radius 3 is 1.21 bits per heavy atom. The number of benzene rings is 1. The summed E-state index contributed by atoms with van der Waals surface area (Å²) in [6.45, 7) is 83.8. The molecule has 0 saturated carbocycles. The molecule has 0 aliphatic carbocycles. The van der Waals surface area contributed by atoms with Gasteiger partial charge in [0.1, 0.15) is 79.0 Å². The van der Waals surface area contributed by atoms with E-state index >= 15 is 0 Å². The topological polar surface area (TPSA) is 340 Å². The van der Waals surface area contributed by atoms with Gasteiger partial charge in [-0.1, -0.05) is 288 Å². The smallest absolute Gasteiger partial charge is 0.177 e. The molecule has 0 fully saturated rings. The minimum atomic E-state index is -2.10. The van der Waals surface area contributed by atoms with Crippen molar-refractivity contribution in [2.75, 3.05) is 18.8 Å². The number of H-pyrrole nitrogens is 9. The number of hydrogen-bond donors (Lipinski definition) is 9. The van der Waals surface area contributed by atoms with Gasteiger partial charge in [-0.05, 0) is 99.6 Å². The van der Waals surface area contributed by atoms with Gasteiger partial charge in [0.2, 0.25) is 0 Å². The molecular formula is C102H162BrCl2N21O2S3. The first-order valence-electron chi connectivity index (χ1n) is 44.2. The predicted molar refractivity (Wildman–Crippen MR) is 572 cm³/mol. The maximum absolute atomic E-state index is 11.6. The molecule has 13 rings (SSSR count). The molecule has 10 aromatic rings. The van der Waals surface area contributed by atoms with Gasteiger partial charge in [0, 0.05) is 148 Å². The number of carbonyl (C=O) groups is 1. The summed E-state index contributed by atoms with van der Waals surface area (Å²) in [6.07, 6.45) is 25.5. The average Bonchev–Trinajstić information content (AvgIpc) is 1.63. The number of carbonyl (C=O) groups excluding carboxylic acids is 1. The number of aromatic nitrogens is 17. The molecule has 2 unspecified atom stereocenters. The van der Waals surface area contributed by atoms with Crippen molar-refractivity contribution >= 4 is 115 Å². The number of allylic oxidation sites excluding steroid dienone is 6. The highest BCUT2D eigenvalue weighted by Crippen LogP contribution is 2.34. The molecule has 23 nitrogen and oxygen atoms in total. The summed E-state index contributed by atoms with van der Waals surface area (Å²) in [5.41, 5.74) is 14.8. The van der Waals surface area contributed by atoms with Crippen LogP contribution in [0.3, 0.4) is 0 Å². The van der Waals surface area contributed by atoms with Crippen molar-refractivity contribution in [3.8, 4) is 6.07 Å². The fraction of sp³-hybridized carbons (Fsp3) is 0.559. The number of nitrogens with one attached hydrogen (secondary N) is 9. The maximum atomic E-state index is 11.6. The number of halogens is 3. The Bertz CT molecular complexity index is 5320. The van der Waals surface area contributed by atoms with Crippen molar-refractivity contribution < 1.29 is 9.00 Å². The van der Waals surface area contributed by atoms with E-state index < -0.39 is 9.52 Å². The standard InChI is InChI=1S/C11H14N2.C10H17NOS.C9H14N2O.C9H16N2.C9H15NS.C9H15N.C8H13ClN2.C8H11N3.C8H14N2.C7H11BrN2.C7H11ClN2.C7H11NS/c1-11(2,3)10-12-8-6-4-5-7-9(8)13-10;1-10(2,3)8-6-7-9(11-8)13(4,5)12;1-6(12)7-5-10-8(11-7)9(2,3)4;1-6-7(2)11-8(10-6)9(3,4)5;1-9(2,3)7-5-6-8(10-7)11-4;1-7-5-8(10-6-7)9(2,3)4;1-5-6(9)11-7(10-5)8(2,3)4;1-8(2,3)7-10-5-6(4-9)11-7;1-6-5-9-7(10-6)8(2,3)4;2*1-7(2,3)6-9-4-5(8)10-6;1-6-4-5-7(8-6)9(2)3/h4-7H,1-3H3,(H,12,13);6H,4,7H2,1-3,5H3;5H,1-4H3,(H,10,11);1-5H3,(H,10,11);5H,6H2,1-4H3;5-6,10H,1-4H3;1-4H3,(H,10,11);5H,1-3H3,(H,10,11);5H,1-4H3,(H,9,10);2*4H,1-3H3,(H,9,10);4H,2,5H2,1,3H3. The molecule has 0 bridgehead atoms. The summed E-state index contributed by atoms with van der Waals surface area (Å²) in [5.74, 6) is 15.4. The van der Waals surface area contributed by atoms with E-state index in [0.717, 1.165) is 109 Å². The van der Waals surface area contributed by atoms with Gasteiger partial charge in [-0.3, -0.25) is 19.0 Å². The quantitative estimate of drug-likeness (QED) is 0.0547. The highest BCUT2D eigenvalue weighted by atomic mass is 79.9. The summed E-state index contributed by atoms with van der Waals surface area (Å²) in [7, 11) is -1.96. The second-order valence-electron chi connectivity index (χ2n) is 44.3. The third kappa shape index (κ3) is 43.6. The van der Waals surface area contributed by atoms with E-state index in [-0.39, 0.29) is 75.8 Å². The zero-order chi connectivity index (χ0) is 101. The number of thioether (sulfide) groups is 1. The molecule has 131 heavy (non-hydrogen) atoms.